The summed E-state index contributed by atoms with van der Waals surface area (Å²) in [5.41, 5.74) is 3.39. The molecule has 0 aliphatic rings. The number of nitrogens with one attached hydrogen (secondary N) is 1. The van der Waals surface area contributed by atoms with E-state index in [9.17, 15) is 0 Å². The van der Waals surface area contributed by atoms with Gasteiger partial charge in [0.25, 0.3) is 0 Å². The number of ether oxygens (including phenoxy) is 2. The molecule has 0 saturated heterocycles. The maximum Gasteiger partial charge on any atom is 0.166 e. The number of methoxy groups -OCH3 is 1. The van der Waals surface area contributed by atoms with Crippen molar-refractivity contribution in [1.82, 2.24) is 0 Å². The number of benzene rings is 2. The molecule has 0 aliphatic carbocycles. The van der Waals surface area contributed by atoms with Gasteiger partial charge in [-0.25, -0.2) is 0 Å². The number of hydrogen-bond donors (Lipinski definition) is 1. The van der Waals surface area contributed by atoms with Gasteiger partial charge < -0.3 is 14.8 Å². The third-order valence-corrected chi connectivity index (χ3v) is 3.60. The van der Waals surface area contributed by atoms with Gasteiger partial charge >= 0.3 is 0 Å². The molecule has 0 radical (unpaired) electrons. The lowest BCUT2D eigenvalue weighted by molar-refractivity contribution is 0.308. The molecule has 0 aromatic heterocycles. The Morgan fingerprint density at radius 2 is 1.86 bits per heavy atom. The third kappa shape index (κ3) is 4.14. The molecule has 2 aromatic rings. The van der Waals surface area contributed by atoms with Crippen molar-refractivity contribution in [3.8, 4) is 11.5 Å². The van der Waals surface area contributed by atoms with Crippen molar-refractivity contribution in [2.75, 3.05) is 19.0 Å². The summed E-state index contributed by atoms with van der Waals surface area (Å²) in [5.74, 6) is 1.54. The molecule has 3 nitrogen and oxygen atoms in total. The molecule has 0 fully saturated rings. The van der Waals surface area contributed by atoms with Crippen LogP contribution < -0.4 is 14.8 Å². The van der Waals surface area contributed by atoms with Gasteiger partial charge in [-0.1, -0.05) is 33.6 Å². The molecule has 0 spiro atoms. The van der Waals surface area contributed by atoms with Crippen LogP contribution in [0.2, 0.25) is 0 Å². The quantitative estimate of drug-likeness (QED) is 0.814. The van der Waals surface area contributed by atoms with Crippen molar-refractivity contribution >= 4 is 21.6 Å². The molecule has 0 saturated carbocycles. The SMILES string of the molecule is CCOc1c(CNc2ccc(C)cc2)cc(Br)cc1OC. The van der Waals surface area contributed by atoms with Gasteiger partial charge in [-0.15, -0.1) is 0 Å². The average Bonchev–Trinajstić information content (AvgIpc) is 2.48. The topological polar surface area (TPSA) is 30.5 Å². The van der Waals surface area contributed by atoms with Gasteiger partial charge in [0.1, 0.15) is 0 Å². The van der Waals surface area contributed by atoms with Gasteiger partial charge in [-0.3, -0.25) is 0 Å². The van der Waals surface area contributed by atoms with E-state index in [-0.39, 0.29) is 0 Å². The Hall–Kier alpha value is -1.68. The molecular formula is C17H20BrNO2. The second-order valence-corrected chi connectivity index (χ2v) is 5.66. The normalized spacial score (nSPS) is 10.3. The van der Waals surface area contributed by atoms with Crippen molar-refractivity contribution in [3.63, 3.8) is 0 Å². The Labute approximate surface area is 134 Å². The Morgan fingerprint density at radius 1 is 1.14 bits per heavy atom. The van der Waals surface area contributed by atoms with E-state index in [0.29, 0.717) is 13.2 Å². The molecule has 21 heavy (non-hydrogen) atoms. The summed E-state index contributed by atoms with van der Waals surface area (Å²) in [4.78, 5) is 0. The Morgan fingerprint density at radius 3 is 2.48 bits per heavy atom. The van der Waals surface area contributed by atoms with Crippen LogP contribution in [0.1, 0.15) is 18.1 Å². The Balaban J connectivity index is 2.21. The Kier molecular flexibility index (Phi) is 5.51. The lowest BCUT2D eigenvalue weighted by Crippen LogP contribution is -2.05. The van der Waals surface area contributed by atoms with Gasteiger partial charge in [0.05, 0.1) is 13.7 Å². The van der Waals surface area contributed by atoms with Crippen molar-refractivity contribution in [2.45, 2.75) is 20.4 Å². The summed E-state index contributed by atoms with van der Waals surface area (Å²) in [6.45, 7) is 5.33. The van der Waals surface area contributed by atoms with Crippen molar-refractivity contribution < 1.29 is 9.47 Å². The standard InChI is InChI=1S/C17H20BrNO2/c1-4-21-17-13(9-14(18)10-16(17)20-3)11-19-15-7-5-12(2)6-8-15/h5-10,19H,4,11H2,1-3H3. The van der Waals surface area contributed by atoms with E-state index < -0.39 is 0 Å². The molecule has 2 aromatic carbocycles. The van der Waals surface area contributed by atoms with Crippen LogP contribution in [0.4, 0.5) is 5.69 Å². The van der Waals surface area contributed by atoms with E-state index in [1.807, 2.05) is 13.0 Å². The molecule has 4 heteroatoms. The first-order valence-electron chi connectivity index (χ1n) is 6.93. The summed E-state index contributed by atoms with van der Waals surface area (Å²) in [5, 5.41) is 3.41. The first-order chi connectivity index (χ1) is 10.1. The van der Waals surface area contributed by atoms with E-state index in [1.165, 1.54) is 5.56 Å². The van der Waals surface area contributed by atoms with Crippen LogP contribution in [0, 0.1) is 6.92 Å². The molecule has 0 atom stereocenters. The van der Waals surface area contributed by atoms with Gasteiger partial charge in [-0.2, -0.15) is 0 Å². The number of halogens is 1. The minimum absolute atomic E-state index is 0.607. The first kappa shape index (κ1) is 15.7. The highest BCUT2D eigenvalue weighted by molar-refractivity contribution is 9.10. The van der Waals surface area contributed by atoms with E-state index in [2.05, 4.69) is 58.5 Å². The van der Waals surface area contributed by atoms with Crippen LogP contribution in [0.3, 0.4) is 0 Å². The van der Waals surface area contributed by atoms with Crippen molar-refractivity contribution in [1.29, 1.82) is 0 Å². The molecule has 2 rings (SSSR count). The Bertz CT molecular complexity index is 596. The van der Waals surface area contributed by atoms with E-state index in [1.54, 1.807) is 7.11 Å². The summed E-state index contributed by atoms with van der Waals surface area (Å²) < 4.78 is 12.1. The largest absolute Gasteiger partial charge is 0.493 e. The maximum absolute atomic E-state index is 5.74. The third-order valence-electron chi connectivity index (χ3n) is 3.14. The fourth-order valence-corrected chi connectivity index (χ4v) is 2.57. The van der Waals surface area contributed by atoms with Crippen molar-refractivity contribution in [2.24, 2.45) is 0 Å². The van der Waals surface area contributed by atoms with E-state index >= 15 is 0 Å². The van der Waals surface area contributed by atoms with E-state index in [4.69, 9.17) is 9.47 Å². The summed E-state index contributed by atoms with van der Waals surface area (Å²) in [7, 11) is 1.65. The molecule has 1 N–H and O–H groups in total. The predicted octanol–water partition coefficient (Wildman–Crippen LogP) is 4.78. The summed E-state index contributed by atoms with van der Waals surface area (Å²) in [6.07, 6.45) is 0. The number of hydrogen-bond acceptors (Lipinski definition) is 3. The van der Waals surface area contributed by atoms with Crippen LogP contribution in [0.15, 0.2) is 40.9 Å². The molecule has 0 amide bonds. The molecule has 0 unspecified atom stereocenters. The second-order valence-electron chi connectivity index (χ2n) is 4.75. The highest BCUT2D eigenvalue weighted by Gasteiger charge is 2.12. The highest BCUT2D eigenvalue weighted by Crippen LogP contribution is 2.35. The number of anilines is 1. The molecule has 112 valence electrons. The zero-order chi connectivity index (χ0) is 15.2. The molecular weight excluding hydrogens is 330 g/mol. The van der Waals surface area contributed by atoms with Gasteiger partial charge in [0.2, 0.25) is 0 Å². The highest BCUT2D eigenvalue weighted by atomic mass is 79.9. The molecule has 0 bridgehead atoms. The smallest absolute Gasteiger partial charge is 0.166 e. The zero-order valence-corrected chi connectivity index (χ0v) is 14.2. The van der Waals surface area contributed by atoms with Crippen LogP contribution in [-0.2, 0) is 6.54 Å². The molecule has 0 heterocycles. The zero-order valence-electron chi connectivity index (χ0n) is 12.6. The number of aryl methyl sites for hydroxylation is 1. The van der Waals surface area contributed by atoms with Crippen LogP contribution >= 0.6 is 15.9 Å². The first-order valence-corrected chi connectivity index (χ1v) is 7.73. The van der Waals surface area contributed by atoms with Crippen molar-refractivity contribution in [3.05, 3.63) is 52.0 Å². The van der Waals surface area contributed by atoms with Crippen LogP contribution in [0.25, 0.3) is 0 Å². The monoisotopic (exact) mass is 349 g/mol. The van der Waals surface area contributed by atoms with E-state index in [0.717, 1.165) is 27.2 Å². The second kappa shape index (κ2) is 7.36. The summed E-state index contributed by atoms with van der Waals surface area (Å²) in [6, 6.07) is 12.3. The van der Waals surface area contributed by atoms with Crippen LogP contribution in [-0.4, -0.2) is 13.7 Å². The average molecular weight is 350 g/mol. The predicted molar refractivity (Wildman–Crippen MR) is 90.4 cm³/mol. The lowest BCUT2D eigenvalue weighted by atomic mass is 10.1. The number of rotatable bonds is 6. The van der Waals surface area contributed by atoms with Crippen LogP contribution in [0.5, 0.6) is 11.5 Å². The minimum Gasteiger partial charge on any atom is -0.493 e. The fourth-order valence-electron chi connectivity index (χ4n) is 2.08. The van der Waals surface area contributed by atoms with Gasteiger partial charge in [0, 0.05) is 22.3 Å². The molecule has 0 aliphatic heterocycles. The fraction of sp³-hybridized carbons (Fsp3) is 0.294. The lowest BCUT2D eigenvalue weighted by Gasteiger charge is -2.16. The maximum atomic E-state index is 5.74. The minimum atomic E-state index is 0.607. The van der Waals surface area contributed by atoms with Gasteiger partial charge in [-0.05, 0) is 38.1 Å². The van der Waals surface area contributed by atoms with Gasteiger partial charge in [0.15, 0.2) is 11.5 Å². The summed E-state index contributed by atoms with van der Waals surface area (Å²) >= 11 is 3.51.